The number of halogens is 3. The SMILES string of the molecule is CC1(C)OC[C@H](COc2ccnc(NC(=O)N3c4nc(-c5cccc(C(F)(F)F)c5)ccc4N4CCC3C4)c2)O1. The molecule has 2 bridgehead atoms. The summed E-state index contributed by atoms with van der Waals surface area (Å²) in [6.07, 6.45) is -2.42. The molecule has 0 saturated carbocycles. The normalized spacial score (nSPS) is 21.3. The first-order valence-electron chi connectivity index (χ1n) is 13.0. The molecule has 0 aliphatic carbocycles. The van der Waals surface area contributed by atoms with Crippen molar-refractivity contribution in [2.45, 2.75) is 44.4 Å². The highest BCUT2D eigenvalue weighted by Crippen LogP contribution is 2.41. The average molecular weight is 556 g/mol. The number of hydrogen-bond acceptors (Lipinski definition) is 7. The van der Waals surface area contributed by atoms with E-state index < -0.39 is 23.6 Å². The Morgan fingerprint density at radius 1 is 1.20 bits per heavy atom. The maximum atomic E-state index is 13.6. The van der Waals surface area contributed by atoms with Crippen LogP contribution in [-0.2, 0) is 15.7 Å². The third-order valence-corrected chi connectivity index (χ3v) is 7.13. The summed E-state index contributed by atoms with van der Waals surface area (Å²) in [4.78, 5) is 26.2. The molecule has 3 aromatic rings. The number of nitrogens with zero attached hydrogens (tertiary/aromatic N) is 4. The van der Waals surface area contributed by atoms with Gasteiger partial charge in [-0.1, -0.05) is 12.1 Å². The molecule has 9 nitrogen and oxygen atoms in total. The lowest BCUT2D eigenvalue weighted by molar-refractivity contribution is -0.141. The fourth-order valence-electron chi connectivity index (χ4n) is 5.26. The number of nitrogens with one attached hydrogen (secondary N) is 1. The summed E-state index contributed by atoms with van der Waals surface area (Å²) in [6, 6.07) is 11.2. The summed E-state index contributed by atoms with van der Waals surface area (Å²) in [6.45, 7) is 5.77. The van der Waals surface area contributed by atoms with Crippen molar-refractivity contribution in [2.75, 3.05) is 41.4 Å². The van der Waals surface area contributed by atoms with E-state index in [4.69, 9.17) is 14.2 Å². The van der Waals surface area contributed by atoms with Gasteiger partial charge in [-0.25, -0.2) is 14.8 Å². The standard InChI is InChI=1S/C28H28F3N5O4/c1-27(2)39-16-21(40-27)15-38-20-8-10-32-24(13-20)34-26(37)36-19-9-11-35(14-19)23-7-6-22(33-25(23)36)17-4-3-5-18(12-17)28(29,30)31/h3-8,10,12-13,19,21H,9,11,14-16H2,1-2H3,(H,32,34,37)/t19?,21-/m0/s1. The monoisotopic (exact) mass is 555 g/mol. The highest BCUT2D eigenvalue weighted by molar-refractivity contribution is 6.04. The van der Waals surface area contributed by atoms with Crippen molar-refractivity contribution >= 4 is 23.4 Å². The van der Waals surface area contributed by atoms with Gasteiger partial charge in [-0.3, -0.25) is 10.2 Å². The number of rotatable bonds is 5. The minimum Gasteiger partial charge on any atom is -0.491 e. The van der Waals surface area contributed by atoms with Crippen molar-refractivity contribution in [2.24, 2.45) is 0 Å². The number of urea groups is 1. The van der Waals surface area contributed by atoms with E-state index in [0.717, 1.165) is 30.8 Å². The minimum absolute atomic E-state index is 0.140. The lowest BCUT2D eigenvalue weighted by Crippen LogP contribution is -2.48. The number of ether oxygens (including phenoxy) is 3. The molecular formula is C28H28F3N5O4. The lowest BCUT2D eigenvalue weighted by atomic mass is 10.1. The Morgan fingerprint density at radius 3 is 2.83 bits per heavy atom. The summed E-state index contributed by atoms with van der Waals surface area (Å²) >= 11 is 0. The number of alkyl halides is 3. The van der Waals surface area contributed by atoms with Crippen molar-refractivity contribution in [3.05, 3.63) is 60.3 Å². The van der Waals surface area contributed by atoms with Crippen LogP contribution in [0.4, 0.5) is 35.3 Å². The predicted molar refractivity (Wildman–Crippen MR) is 141 cm³/mol. The Kier molecular flexibility index (Phi) is 6.54. The van der Waals surface area contributed by atoms with E-state index in [-0.39, 0.29) is 18.8 Å². The van der Waals surface area contributed by atoms with E-state index in [9.17, 15) is 18.0 Å². The van der Waals surface area contributed by atoms with Crippen LogP contribution < -0.4 is 19.9 Å². The van der Waals surface area contributed by atoms with Crippen LogP contribution in [-0.4, -0.2) is 60.2 Å². The number of aromatic nitrogens is 2. The number of amides is 2. The van der Waals surface area contributed by atoms with Crippen molar-refractivity contribution in [1.82, 2.24) is 9.97 Å². The minimum atomic E-state index is -4.47. The quantitative estimate of drug-likeness (QED) is 0.456. The molecule has 2 fully saturated rings. The Hall–Kier alpha value is -3.90. The van der Waals surface area contributed by atoms with Crippen LogP contribution in [0.15, 0.2) is 54.7 Å². The molecule has 3 aliphatic heterocycles. The van der Waals surface area contributed by atoms with Crippen LogP contribution >= 0.6 is 0 Å². The van der Waals surface area contributed by atoms with E-state index in [1.807, 2.05) is 19.9 Å². The molecule has 1 N–H and O–H groups in total. The molecule has 2 atom stereocenters. The topological polar surface area (TPSA) is 89.1 Å². The molecule has 0 spiro atoms. The van der Waals surface area contributed by atoms with Gasteiger partial charge in [0.1, 0.15) is 24.3 Å². The first-order chi connectivity index (χ1) is 19.1. The largest absolute Gasteiger partial charge is 0.491 e. The van der Waals surface area contributed by atoms with Crippen LogP contribution in [0.2, 0.25) is 0 Å². The number of carbonyl (C=O) groups excluding carboxylic acids is 1. The zero-order chi connectivity index (χ0) is 28.1. The van der Waals surface area contributed by atoms with Crippen LogP contribution in [0.5, 0.6) is 5.75 Å². The predicted octanol–water partition coefficient (Wildman–Crippen LogP) is 5.32. The van der Waals surface area contributed by atoms with Gasteiger partial charge in [0.15, 0.2) is 11.6 Å². The van der Waals surface area contributed by atoms with Crippen LogP contribution in [0.25, 0.3) is 11.3 Å². The summed E-state index contributed by atoms with van der Waals surface area (Å²) in [5.74, 6) is 0.549. The second kappa shape index (κ2) is 9.93. The lowest BCUT2D eigenvalue weighted by Gasteiger charge is -2.35. The number of fused-ring (bicyclic) bond motifs is 4. The van der Waals surface area contributed by atoms with Gasteiger partial charge >= 0.3 is 12.2 Å². The fourth-order valence-corrected chi connectivity index (χ4v) is 5.26. The van der Waals surface area contributed by atoms with Gasteiger partial charge in [-0.2, -0.15) is 13.2 Å². The maximum Gasteiger partial charge on any atom is 0.416 e. The molecule has 12 heteroatoms. The number of carbonyl (C=O) groups is 1. The summed E-state index contributed by atoms with van der Waals surface area (Å²) in [7, 11) is 0. The van der Waals surface area contributed by atoms with E-state index in [1.165, 1.54) is 12.3 Å². The molecule has 2 aromatic heterocycles. The highest BCUT2D eigenvalue weighted by Gasteiger charge is 2.40. The second-order valence-electron chi connectivity index (χ2n) is 10.4. The zero-order valence-corrected chi connectivity index (χ0v) is 21.9. The molecule has 1 unspecified atom stereocenters. The summed E-state index contributed by atoms with van der Waals surface area (Å²) in [5, 5.41) is 2.84. The van der Waals surface area contributed by atoms with Crippen LogP contribution in [0.3, 0.4) is 0 Å². The Bertz CT molecular complexity index is 1430. The van der Waals surface area contributed by atoms with Gasteiger partial charge in [0.2, 0.25) is 0 Å². The smallest absolute Gasteiger partial charge is 0.416 e. The van der Waals surface area contributed by atoms with Crippen molar-refractivity contribution < 1.29 is 32.2 Å². The summed E-state index contributed by atoms with van der Waals surface area (Å²) in [5.41, 5.74) is 0.663. The third-order valence-electron chi connectivity index (χ3n) is 7.13. The van der Waals surface area contributed by atoms with Crippen LogP contribution in [0.1, 0.15) is 25.8 Å². The average Bonchev–Trinajstić information content (AvgIpc) is 3.50. The molecule has 1 aromatic carbocycles. The van der Waals surface area contributed by atoms with Crippen molar-refractivity contribution in [1.29, 1.82) is 0 Å². The third kappa shape index (κ3) is 5.28. The molecule has 6 rings (SSSR count). The zero-order valence-electron chi connectivity index (χ0n) is 21.9. The molecule has 2 amide bonds. The van der Waals surface area contributed by atoms with Gasteiger partial charge < -0.3 is 19.1 Å². The molecular weight excluding hydrogens is 527 g/mol. The van der Waals surface area contributed by atoms with Gasteiger partial charge in [0, 0.05) is 30.9 Å². The Morgan fingerprint density at radius 2 is 2.05 bits per heavy atom. The first kappa shape index (κ1) is 26.3. The van der Waals surface area contributed by atoms with E-state index in [2.05, 4.69) is 20.2 Å². The van der Waals surface area contributed by atoms with Gasteiger partial charge in [-0.05, 0) is 50.6 Å². The molecule has 3 aliphatic rings. The number of pyridine rings is 2. The van der Waals surface area contributed by atoms with Crippen molar-refractivity contribution in [3.63, 3.8) is 0 Å². The van der Waals surface area contributed by atoms with Gasteiger partial charge in [-0.15, -0.1) is 0 Å². The second-order valence-corrected chi connectivity index (χ2v) is 10.4. The van der Waals surface area contributed by atoms with E-state index in [0.29, 0.717) is 41.8 Å². The van der Waals surface area contributed by atoms with Gasteiger partial charge in [0.05, 0.1) is 29.6 Å². The maximum absolute atomic E-state index is 13.6. The molecule has 210 valence electrons. The highest BCUT2D eigenvalue weighted by atomic mass is 19.4. The number of benzene rings is 1. The van der Waals surface area contributed by atoms with E-state index >= 15 is 0 Å². The molecule has 5 heterocycles. The molecule has 0 radical (unpaired) electrons. The number of anilines is 3. The first-order valence-corrected chi connectivity index (χ1v) is 13.0. The fraction of sp³-hybridized carbons (Fsp3) is 0.393. The van der Waals surface area contributed by atoms with E-state index in [1.54, 1.807) is 29.2 Å². The Labute approximate surface area is 228 Å². The Balaban J connectivity index is 1.22. The summed E-state index contributed by atoms with van der Waals surface area (Å²) < 4.78 is 57.1. The molecule has 40 heavy (non-hydrogen) atoms. The molecule has 2 saturated heterocycles. The van der Waals surface area contributed by atoms with Crippen molar-refractivity contribution in [3.8, 4) is 17.0 Å². The number of hydrogen-bond donors (Lipinski definition) is 1. The van der Waals surface area contributed by atoms with Crippen LogP contribution in [0, 0.1) is 0 Å². The van der Waals surface area contributed by atoms with Gasteiger partial charge in [0.25, 0.3) is 0 Å².